The van der Waals surface area contributed by atoms with Crippen molar-refractivity contribution in [3.05, 3.63) is 59.7 Å². The number of hydrogen-bond acceptors (Lipinski definition) is 3. The number of rotatable bonds is 4. The second-order valence-electron chi connectivity index (χ2n) is 6.14. The Kier molecular flexibility index (Phi) is 5.22. The highest BCUT2D eigenvalue weighted by atomic mass is 32.2. The van der Waals surface area contributed by atoms with Crippen LogP contribution in [-0.2, 0) is 10.0 Å². The number of anilines is 1. The zero-order valence-corrected chi connectivity index (χ0v) is 15.3. The number of nitrogens with one attached hydrogen (secondary N) is 1. The van der Waals surface area contributed by atoms with Crippen LogP contribution in [-0.4, -0.2) is 38.7 Å². The van der Waals surface area contributed by atoms with E-state index in [4.69, 9.17) is 0 Å². The highest BCUT2D eigenvalue weighted by molar-refractivity contribution is 7.90. The van der Waals surface area contributed by atoms with Crippen molar-refractivity contribution < 1.29 is 22.0 Å². The summed E-state index contributed by atoms with van der Waals surface area (Å²) in [5.41, 5.74) is 0.106. The third kappa shape index (κ3) is 4.48. The Bertz CT molecular complexity index is 985. The standard InChI is InChI=1S/C18H17F2N3O3S/c1-23-8-2-3-17(23)22-27(25,26)16-6-4-15(5-7-16)21-18(24)12-9-13(19)11-14(20)10-12/h4-7,9-11H,2-3,8H2,1H3,(H,21,24)/b22-17-. The molecule has 2 aromatic carbocycles. The Balaban J connectivity index is 1.76. The average molecular weight is 393 g/mol. The third-order valence-electron chi connectivity index (χ3n) is 4.09. The monoisotopic (exact) mass is 393 g/mol. The van der Waals surface area contributed by atoms with Gasteiger partial charge in [0.1, 0.15) is 17.5 Å². The van der Waals surface area contributed by atoms with Gasteiger partial charge in [0, 0.05) is 37.3 Å². The summed E-state index contributed by atoms with van der Waals surface area (Å²) < 4.78 is 55.0. The number of amidine groups is 1. The topological polar surface area (TPSA) is 78.8 Å². The Morgan fingerprint density at radius 3 is 2.30 bits per heavy atom. The first-order chi connectivity index (χ1) is 12.7. The molecule has 0 bridgehead atoms. The molecule has 0 atom stereocenters. The lowest BCUT2D eigenvalue weighted by molar-refractivity contribution is 0.102. The lowest BCUT2D eigenvalue weighted by Gasteiger charge is -2.11. The van der Waals surface area contributed by atoms with E-state index in [0.29, 0.717) is 18.3 Å². The summed E-state index contributed by atoms with van der Waals surface area (Å²) in [4.78, 5) is 13.9. The lowest BCUT2D eigenvalue weighted by Crippen LogP contribution is -2.20. The van der Waals surface area contributed by atoms with E-state index in [2.05, 4.69) is 9.71 Å². The molecule has 9 heteroatoms. The Morgan fingerprint density at radius 2 is 1.74 bits per heavy atom. The fourth-order valence-corrected chi connectivity index (χ4v) is 3.79. The summed E-state index contributed by atoms with van der Waals surface area (Å²) in [6.07, 6.45) is 1.46. The maximum absolute atomic E-state index is 13.2. The van der Waals surface area contributed by atoms with Crippen LogP contribution < -0.4 is 5.32 Å². The molecular formula is C18H17F2N3O3S. The Morgan fingerprint density at radius 1 is 1.11 bits per heavy atom. The molecule has 0 saturated carbocycles. The normalized spacial score (nSPS) is 16.0. The van der Waals surface area contributed by atoms with Crippen molar-refractivity contribution in [1.82, 2.24) is 4.90 Å². The molecule has 6 nitrogen and oxygen atoms in total. The van der Waals surface area contributed by atoms with Crippen molar-refractivity contribution in [2.24, 2.45) is 4.40 Å². The van der Waals surface area contributed by atoms with Gasteiger partial charge in [-0.05, 0) is 42.8 Å². The quantitative estimate of drug-likeness (QED) is 0.866. The molecule has 1 N–H and O–H groups in total. The van der Waals surface area contributed by atoms with Crippen molar-refractivity contribution >= 4 is 27.5 Å². The van der Waals surface area contributed by atoms with E-state index in [-0.39, 0.29) is 16.1 Å². The fourth-order valence-electron chi connectivity index (χ4n) is 2.70. The van der Waals surface area contributed by atoms with Crippen molar-refractivity contribution in [3.8, 4) is 0 Å². The van der Waals surface area contributed by atoms with Gasteiger partial charge in [0.15, 0.2) is 0 Å². The van der Waals surface area contributed by atoms with Gasteiger partial charge in [-0.25, -0.2) is 8.78 Å². The van der Waals surface area contributed by atoms with Gasteiger partial charge in [0.25, 0.3) is 15.9 Å². The highest BCUT2D eigenvalue weighted by Crippen LogP contribution is 2.20. The molecule has 1 amide bonds. The third-order valence-corrected chi connectivity index (χ3v) is 5.41. The molecule has 0 spiro atoms. The van der Waals surface area contributed by atoms with E-state index in [1.165, 1.54) is 24.3 Å². The minimum absolute atomic E-state index is 0.00917. The molecule has 3 rings (SSSR count). The first-order valence-electron chi connectivity index (χ1n) is 8.17. The van der Waals surface area contributed by atoms with E-state index in [1.54, 1.807) is 11.9 Å². The molecule has 1 aliphatic heterocycles. The Labute approximate surface area is 155 Å². The van der Waals surface area contributed by atoms with Gasteiger partial charge in [-0.1, -0.05) is 0 Å². The number of carbonyl (C=O) groups excluding carboxylic acids is 1. The summed E-state index contributed by atoms with van der Waals surface area (Å²) in [5.74, 6) is -1.92. The molecule has 1 aliphatic rings. The molecule has 0 aliphatic carbocycles. The average Bonchev–Trinajstić information content (AvgIpc) is 2.98. The second-order valence-corrected chi connectivity index (χ2v) is 7.75. The van der Waals surface area contributed by atoms with E-state index in [9.17, 15) is 22.0 Å². The zero-order chi connectivity index (χ0) is 19.6. The minimum Gasteiger partial charge on any atom is -0.362 e. The van der Waals surface area contributed by atoms with Crippen LogP contribution in [0.1, 0.15) is 23.2 Å². The molecule has 1 heterocycles. The molecule has 1 fully saturated rings. The molecule has 0 aromatic heterocycles. The summed E-state index contributed by atoms with van der Waals surface area (Å²) in [7, 11) is -2.06. The number of carbonyl (C=O) groups is 1. The molecular weight excluding hydrogens is 376 g/mol. The molecule has 0 radical (unpaired) electrons. The summed E-state index contributed by atoms with van der Waals surface area (Å²) in [6, 6.07) is 7.89. The van der Waals surface area contributed by atoms with Crippen LogP contribution in [0.2, 0.25) is 0 Å². The minimum atomic E-state index is -3.85. The number of amides is 1. The van der Waals surface area contributed by atoms with Gasteiger partial charge in [-0.3, -0.25) is 4.79 Å². The first-order valence-corrected chi connectivity index (χ1v) is 9.61. The number of hydrogen-bond donors (Lipinski definition) is 1. The van der Waals surface area contributed by atoms with Gasteiger partial charge in [0.2, 0.25) is 0 Å². The van der Waals surface area contributed by atoms with Crippen LogP contribution in [0.4, 0.5) is 14.5 Å². The smallest absolute Gasteiger partial charge is 0.283 e. The van der Waals surface area contributed by atoms with Crippen LogP contribution in [0.3, 0.4) is 0 Å². The van der Waals surface area contributed by atoms with Gasteiger partial charge in [-0.2, -0.15) is 8.42 Å². The zero-order valence-electron chi connectivity index (χ0n) is 14.4. The first kappa shape index (κ1) is 19.0. The van der Waals surface area contributed by atoms with Gasteiger partial charge < -0.3 is 10.2 Å². The number of halogens is 2. The van der Waals surface area contributed by atoms with Crippen molar-refractivity contribution in [3.63, 3.8) is 0 Å². The van der Waals surface area contributed by atoms with Gasteiger partial charge in [0.05, 0.1) is 4.90 Å². The van der Waals surface area contributed by atoms with E-state index in [1.807, 2.05) is 0 Å². The molecule has 142 valence electrons. The maximum atomic E-state index is 13.2. The van der Waals surface area contributed by atoms with Crippen LogP contribution in [0, 0.1) is 11.6 Å². The Hall–Kier alpha value is -2.81. The van der Waals surface area contributed by atoms with Crippen molar-refractivity contribution in [1.29, 1.82) is 0 Å². The van der Waals surface area contributed by atoms with Gasteiger partial charge in [-0.15, -0.1) is 4.40 Å². The fraction of sp³-hybridized carbons (Fsp3) is 0.222. The number of nitrogens with zero attached hydrogens (tertiary/aromatic N) is 2. The van der Waals surface area contributed by atoms with Crippen LogP contribution in [0.15, 0.2) is 51.8 Å². The maximum Gasteiger partial charge on any atom is 0.283 e. The van der Waals surface area contributed by atoms with Crippen molar-refractivity contribution in [2.45, 2.75) is 17.7 Å². The van der Waals surface area contributed by atoms with E-state index < -0.39 is 27.6 Å². The number of sulfonamides is 1. The molecule has 27 heavy (non-hydrogen) atoms. The molecule has 1 saturated heterocycles. The summed E-state index contributed by atoms with van der Waals surface area (Å²) in [5, 5.41) is 2.46. The second kappa shape index (κ2) is 7.43. The van der Waals surface area contributed by atoms with Crippen LogP contribution >= 0.6 is 0 Å². The largest absolute Gasteiger partial charge is 0.362 e. The predicted octanol–water partition coefficient (Wildman–Crippen LogP) is 3.03. The van der Waals surface area contributed by atoms with Gasteiger partial charge >= 0.3 is 0 Å². The molecule has 0 unspecified atom stereocenters. The number of benzene rings is 2. The SMILES string of the molecule is CN1CCC/C1=N/S(=O)(=O)c1ccc(NC(=O)c2cc(F)cc(F)c2)cc1. The number of likely N-dealkylation sites (tertiary alicyclic amines) is 1. The van der Waals surface area contributed by atoms with Crippen LogP contribution in [0.25, 0.3) is 0 Å². The summed E-state index contributed by atoms with van der Waals surface area (Å²) >= 11 is 0. The lowest BCUT2D eigenvalue weighted by atomic mass is 10.2. The van der Waals surface area contributed by atoms with E-state index >= 15 is 0 Å². The van der Waals surface area contributed by atoms with Crippen LogP contribution in [0.5, 0.6) is 0 Å². The molecule has 2 aromatic rings. The predicted molar refractivity (Wildman–Crippen MR) is 97.2 cm³/mol. The highest BCUT2D eigenvalue weighted by Gasteiger charge is 2.20. The van der Waals surface area contributed by atoms with Crippen molar-refractivity contribution in [2.75, 3.05) is 18.9 Å². The van der Waals surface area contributed by atoms with E-state index in [0.717, 1.165) is 25.1 Å². The summed E-state index contributed by atoms with van der Waals surface area (Å²) in [6.45, 7) is 0.764.